The summed E-state index contributed by atoms with van der Waals surface area (Å²) in [6.45, 7) is 2.17. The Morgan fingerprint density at radius 2 is 2.03 bits per heavy atom. The van der Waals surface area contributed by atoms with E-state index in [4.69, 9.17) is 4.52 Å². The maximum Gasteiger partial charge on any atom is 0.277 e. The van der Waals surface area contributed by atoms with Crippen molar-refractivity contribution in [2.24, 2.45) is 0 Å². The van der Waals surface area contributed by atoms with Crippen molar-refractivity contribution in [1.82, 2.24) is 9.46 Å². The zero-order valence-corrected chi connectivity index (χ0v) is 18.9. The van der Waals surface area contributed by atoms with Gasteiger partial charge in [0, 0.05) is 40.1 Å². The Labute approximate surface area is 183 Å². The van der Waals surface area contributed by atoms with E-state index in [1.807, 2.05) is 18.2 Å². The van der Waals surface area contributed by atoms with Crippen LogP contribution in [0.3, 0.4) is 0 Å². The molecule has 1 aromatic heterocycles. The van der Waals surface area contributed by atoms with Crippen molar-refractivity contribution >= 4 is 40.2 Å². The van der Waals surface area contributed by atoms with E-state index in [-0.39, 0.29) is 23.0 Å². The van der Waals surface area contributed by atoms with Gasteiger partial charge in [-0.2, -0.15) is 0 Å². The number of nitrogens with zero attached hydrogens (tertiary/aromatic N) is 2. The standard InChI is InChI=1S/C21H27N3O4S2/c1-3-4-5-6-9-12-30(27)14-15-13-18(23-28-15)22-21(26)19-20(25)16-10-7-8-11-17(16)29-24(19)2/h7-8,10-11,13,25H,3-6,9,12,14H2,1-2H3,(H,22,23,26). The van der Waals surface area contributed by atoms with Gasteiger partial charge in [0.25, 0.3) is 5.91 Å². The van der Waals surface area contributed by atoms with Gasteiger partial charge in [0.15, 0.2) is 23.0 Å². The Morgan fingerprint density at radius 1 is 1.27 bits per heavy atom. The number of fused-ring (bicyclic) bond motifs is 1. The lowest BCUT2D eigenvalue weighted by molar-refractivity contribution is -0.113. The summed E-state index contributed by atoms with van der Waals surface area (Å²) in [6, 6.07) is 8.92. The van der Waals surface area contributed by atoms with E-state index in [1.54, 1.807) is 23.5 Å². The summed E-state index contributed by atoms with van der Waals surface area (Å²) in [5, 5.41) is 17.1. The third kappa shape index (κ3) is 5.66. The predicted molar refractivity (Wildman–Crippen MR) is 120 cm³/mol. The van der Waals surface area contributed by atoms with Crippen LogP contribution in [0.15, 0.2) is 45.4 Å². The van der Waals surface area contributed by atoms with Gasteiger partial charge in [-0.05, 0) is 30.5 Å². The lowest BCUT2D eigenvalue weighted by atomic mass is 10.1. The van der Waals surface area contributed by atoms with Crippen molar-refractivity contribution in [2.75, 3.05) is 18.1 Å². The van der Waals surface area contributed by atoms with Crippen LogP contribution >= 0.6 is 11.9 Å². The zero-order valence-electron chi connectivity index (χ0n) is 17.2. The van der Waals surface area contributed by atoms with Crippen LogP contribution < -0.4 is 5.32 Å². The number of hydrogen-bond donors (Lipinski definition) is 2. The van der Waals surface area contributed by atoms with Crippen LogP contribution in [0.5, 0.6) is 0 Å². The maximum absolute atomic E-state index is 12.7. The number of aliphatic hydroxyl groups excluding tert-OH is 1. The number of carbonyl (C=O) groups excluding carboxylic acids is 1. The van der Waals surface area contributed by atoms with Crippen molar-refractivity contribution in [3.05, 3.63) is 47.4 Å². The van der Waals surface area contributed by atoms with Gasteiger partial charge < -0.3 is 19.3 Å². The number of benzene rings is 1. The molecule has 1 aliphatic rings. The van der Waals surface area contributed by atoms with Gasteiger partial charge in [-0.3, -0.25) is 9.00 Å². The molecule has 0 fully saturated rings. The summed E-state index contributed by atoms with van der Waals surface area (Å²) in [5.41, 5.74) is 0.750. The van der Waals surface area contributed by atoms with Gasteiger partial charge in [0.2, 0.25) is 0 Å². The summed E-state index contributed by atoms with van der Waals surface area (Å²) < 4.78 is 19.0. The second kappa shape index (κ2) is 10.7. The second-order valence-corrected chi connectivity index (χ2v) is 9.86. The van der Waals surface area contributed by atoms with E-state index in [1.165, 1.54) is 31.2 Å². The van der Waals surface area contributed by atoms with Crippen molar-refractivity contribution in [3.63, 3.8) is 0 Å². The van der Waals surface area contributed by atoms with Crippen LogP contribution in [0, 0.1) is 0 Å². The fourth-order valence-corrected chi connectivity index (χ4v) is 5.26. The lowest BCUT2D eigenvalue weighted by Crippen LogP contribution is -2.27. The van der Waals surface area contributed by atoms with Crippen molar-refractivity contribution in [3.8, 4) is 0 Å². The number of anilines is 1. The maximum atomic E-state index is 12.7. The molecule has 0 spiro atoms. The molecule has 7 nitrogen and oxygen atoms in total. The van der Waals surface area contributed by atoms with E-state index >= 15 is 0 Å². The van der Waals surface area contributed by atoms with E-state index < -0.39 is 16.7 Å². The van der Waals surface area contributed by atoms with E-state index in [9.17, 15) is 14.1 Å². The quantitative estimate of drug-likeness (QED) is 0.400. The molecule has 3 rings (SSSR count). The summed E-state index contributed by atoms with van der Waals surface area (Å²) >= 11 is 1.36. The first-order valence-corrected chi connectivity index (χ1v) is 12.3. The molecular weight excluding hydrogens is 422 g/mol. The number of unbranched alkanes of at least 4 members (excludes halogenated alkanes) is 4. The average Bonchev–Trinajstić information content (AvgIpc) is 3.14. The van der Waals surface area contributed by atoms with Gasteiger partial charge in [-0.25, -0.2) is 0 Å². The van der Waals surface area contributed by atoms with Crippen LogP contribution in [0.2, 0.25) is 0 Å². The van der Waals surface area contributed by atoms with Gasteiger partial charge >= 0.3 is 0 Å². The molecule has 2 heterocycles. The number of rotatable bonds is 10. The Morgan fingerprint density at radius 3 is 2.83 bits per heavy atom. The Kier molecular flexibility index (Phi) is 7.98. The van der Waals surface area contributed by atoms with Crippen LogP contribution in [0.4, 0.5) is 5.82 Å². The number of carbonyl (C=O) groups is 1. The van der Waals surface area contributed by atoms with Gasteiger partial charge in [-0.15, -0.1) is 0 Å². The largest absolute Gasteiger partial charge is 0.505 e. The smallest absolute Gasteiger partial charge is 0.277 e. The molecule has 0 bridgehead atoms. The first-order chi connectivity index (χ1) is 14.5. The van der Waals surface area contributed by atoms with E-state index in [0.29, 0.717) is 17.1 Å². The second-order valence-electron chi connectivity index (χ2n) is 7.12. The summed E-state index contributed by atoms with van der Waals surface area (Å²) in [7, 11) is 0.688. The summed E-state index contributed by atoms with van der Waals surface area (Å²) in [4.78, 5) is 13.6. The summed E-state index contributed by atoms with van der Waals surface area (Å²) in [6.07, 6.45) is 5.59. The number of nitrogens with one attached hydrogen (secondary N) is 1. The van der Waals surface area contributed by atoms with Crippen molar-refractivity contribution < 1.29 is 18.6 Å². The van der Waals surface area contributed by atoms with Crippen molar-refractivity contribution in [2.45, 2.75) is 49.7 Å². The zero-order chi connectivity index (χ0) is 21.5. The molecule has 0 radical (unpaired) electrons. The molecule has 162 valence electrons. The molecule has 30 heavy (non-hydrogen) atoms. The Hall–Kier alpha value is -2.26. The minimum Gasteiger partial charge on any atom is -0.505 e. The molecule has 9 heteroatoms. The Bertz CT molecular complexity index is 942. The number of aliphatic hydroxyl groups is 1. The molecule has 1 aromatic carbocycles. The minimum absolute atomic E-state index is 0.0859. The fourth-order valence-electron chi connectivity index (χ4n) is 3.18. The number of likely N-dealkylation sites (N-methyl/N-ethyl adjacent to an activating group) is 1. The molecule has 1 atom stereocenters. The lowest BCUT2D eigenvalue weighted by Gasteiger charge is -2.27. The molecule has 1 aliphatic heterocycles. The van der Waals surface area contributed by atoms with Gasteiger partial charge in [-0.1, -0.05) is 49.9 Å². The highest BCUT2D eigenvalue weighted by Crippen LogP contribution is 2.38. The number of amides is 1. The molecule has 1 amide bonds. The van der Waals surface area contributed by atoms with E-state index in [2.05, 4.69) is 17.4 Å². The molecule has 0 aliphatic carbocycles. The van der Waals surface area contributed by atoms with E-state index in [0.717, 1.165) is 17.7 Å². The van der Waals surface area contributed by atoms with Crippen LogP contribution in [0.25, 0.3) is 5.76 Å². The highest BCUT2D eigenvalue weighted by Gasteiger charge is 2.28. The number of aromatic nitrogens is 1. The van der Waals surface area contributed by atoms with Crippen LogP contribution in [-0.4, -0.2) is 37.5 Å². The normalized spacial score (nSPS) is 14.5. The highest BCUT2D eigenvalue weighted by molar-refractivity contribution is 7.97. The van der Waals surface area contributed by atoms with Crippen LogP contribution in [0.1, 0.15) is 50.4 Å². The van der Waals surface area contributed by atoms with Gasteiger partial charge in [0.05, 0.1) is 5.75 Å². The molecule has 0 saturated heterocycles. The van der Waals surface area contributed by atoms with Crippen molar-refractivity contribution in [1.29, 1.82) is 0 Å². The Balaban J connectivity index is 1.58. The predicted octanol–water partition coefficient (Wildman–Crippen LogP) is 4.71. The monoisotopic (exact) mass is 449 g/mol. The topological polar surface area (TPSA) is 95.7 Å². The fraction of sp³-hybridized carbons (Fsp3) is 0.429. The number of hydrogen-bond acceptors (Lipinski definition) is 7. The van der Waals surface area contributed by atoms with Crippen LogP contribution in [-0.2, 0) is 21.3 Å². The molecule has 1 unspecified atom stereocenters. The molecular formula is C21H27N3O4S2. The highest BCUT2D eigenvalue weighted by atomic mass is 32.2. The first-order valence-electron chi connectivity index (χ1n) is 10.1. The first kappa shape index (κ1) is 22.4. The van der Waals surface area contributed by atoms with Gasteiger partial charge in [0.1, 0.15) is 0 Å². The molecule has 0 saturated carbocycles. The molecule has 2 N–H and O–H groups in total. The third-order valence-corrected chi connectivity index (χ3v) is 7.07. The SMILES string of the molecule is CCCCCCCS(=O)Cc1cc(NC(=O)C2=C(O)c3ccccc3SN2C)no1. The average molecular weight is 450 g/mol. The summed E-state index contributed by atoms with van der Waals surface area (Å²) in [5.74, 6) is 1.02. The minimum atomic E-state index is -1.02. The molecule has 2 aromatic rings. The third-order valence-electron chi connectivity index (χ3n) is 4.71.